The lowest BCUT2D eigenvalue weighted by Crippen LogP contribution is -2.19. The van der Waals surface area contributed by atoms with E-state index in [2.05, 4.69) is 15.9 Å². The number of hydrogen-bond donors (Lipinski definition) is 2. The maximum absolute atomic E-state index is 13.6. The highest BCUT2D eigenvalue weighted by atomic mass is 79.9. The van der Waals surface area contributed by atoms with E-state index in [1.807, 2.05) is 0 Å². The molecule has 1 aromatic carbocycles. The van der Waals surface area contributed by atoms with Crippen LogP contribution in [0, 0.1) is 5.82 Å². The van der Waals surface area contributed by atoms with Crippen LogP contribution in [-0.2, 0) is 5.54 Å². The summed E-state index contributed by atoms with van der Waals surface area (Å²) in [6.45, 7) is 0. The van der Waals surface area contributed by atoms with Gasteiger partial charge in [-0.1, -0.05) is 0 Å². The summed E-state index contributed by atoms with van der Waals surface area (Å²) in [6, 6.07) is 1.62. The average molecular weight is 276 g/mol. The van der Waals surface area contributed by atoms with E-state index in [1.54, 1.807) is 6.07 Å². The van der Waals surface area contributed by atoms with E-state index in [4.69, 9.17) is 10.5 Å². The van der Waals surface area contributed by atoms with Gasteiger partial charge in [0.15, 0.2) is 11.5 Å². The van der Waals surface area contributed by atoms with E-state index in [0.29, 0.717) is 10.0 Å². The van der Waals surface area contributed by atoms with Crippen molar-refractivity contribution >= 4 is 15.9 Å². The molecule has 0 atom stereocenters. The molecular formula is C10H11BrFNO2. The van der Waals surface area contributed by atoms with Gasteiger partial charge in [0.25, 0.3) is 0 Å². The fourth-order valence-electron chi connectivity index (χ4n) is 1.56. The van der Waals surface area contributed by atoms with Gasteiger partial charge < -0.3 is 15.6 Å². The average Bonchev–Trinajstić information content (AvgIpc) is 2.92. The molecule has 1 aromatic rings. The van der Waals surface area contributed by atoms with E-state index >= 15 is 0 Å². The van der Waals surface area contributed by atoms with Crippen LogP contribution in [-0.4, -0.2) is 12.2 Å². The number of aromatic hydroxyl groups is 1. The number of phenolic OH excluding ortho intramolecular Hbond substituents is 1. The third kappa shape index (κ3) is 1.59. The van der Waals surface area contributed by atoms with Crippen molar-refractivity contribution in [1.82, 2.24) is 0 Å². The minimum Gasteiger partial charge on any atom is -0.504 e. The summed E-state index contributed by atoms with van der Waals surface area (Å²) >= 11 is 3.18. The normalized spacial score (nSPS) is 17.6. The molecule has 0 aliphatic heterocycles. The topological polar surface area (TPSA) is 55.5 Å². The lowest BCUT2D eigenvalue weighted by molar-refractivity contribution is 0.357. The highest BCUT2D eigenvalue weighted by Crippen LogP contribution is 2.49. The van der Waals surface area contributed by atoms with Gasteiger partial charge in [0.2, 0.25) is 5.82 Å². The Kier molecular flexibility index (Phi) is 2.39. The summed E-state index contributed by atoms with van der Waals surface area (Å²) in [6.07, 6.45) is 1.53. The zero-order chi connectivity index (χ0) is 11.2. The van der Waals surface area contributed by atoms with Crippen molar-refractivity contribution in [2.75, 3.05) is 7.11 Å². The Morgan fingerprint density at radius 3 is 2.67 bits per heavy atom. The van der Waals surface area contributed by atoms with Gasteiger partial charge in [0.1, 0.15) is 0 Å². The van der Waals surface area contributed by atoms with E-state index < -0.39 is 17.1 Å². The first-order chi connectivity index (χ1) is 6.99. The van der Waals surface area contributed by atoms with Crippen LogP contribution in [0.2, 0.25) is 0 Å². The fourth-order valence-corrected chi connectivity index (χ4v) is 2.13. The second kappa shape index (κ2) is 3.35. The SMILES string of the molecule is COc1c(Br)cc(C2(N)CC2)c(O)c1F. The van der Waals surface area contributed by atoms with Crippen molar-refractivity contribution in [3.05, 3.63) is 21.9 Å². The number of halogens is 2. The van der Waals surface area contributed by atoms with Crippen LogP contribution in [0.4, 0.5) is 4.39 Å². The zero-order valence-electron chi connectivity index (χ0n) is 8.18. The molecule has 0 amide bonds. The van der Waals surface area contributed by atoms with Gasteiger partial charge >= 0.3 is 0 Å². The van der Waals surface area contributed by atoms with Crippen LogP contribution < -0.4 is 10.5 Å². The molecule has 5 heteroatoms. The second-order valence-electron chi connectivity index (χ2n) is 3.76. The lowest BCUT2D eigenvalue weighted by atomic mass is 10.0. The first kappa shape index (κ1) is 10.7. The molecule has 15 heavy (non-hydrogen) atoms. The van der Waals surface area contributed by atoms with Crippen molar-refractivity contribution in [2.24, 2.45) is 5.73 Å². The van der Waals surface area contributed by atoms with Gasteiger partial charge in [-0.2, -0.15) is 4.39 Å². The molecule has 3 nitrogen and oxygen atoms in total. The highest BCUT2D eigenvalue weighted by Gasteiger charge is 2.43. The molecule has 0 spiro atoms. The number of hydrogen-bond acceptors (Lipinski definition) is 3. The first-order valence-corrected chi connectivity index (χ1v) is 5.33. The summed E-state index contributed by atoms with van der Waals surface area (Å²) in [4.78, 5) is 0. The zero-order valence-corrected chi connectivity index (χ0v) is 9.77. The quantitative estimate of drug-likeness (QED) is 0.871. The molecular weight excluding hydrogens is 265 g/mol. The Morgan fingerprint density at radius 2 is 2.20 bits per heavy atom. The summed E-state index contributed by atoms with van der Waals surface area (Å²) < 4.78 is 18.9. The Morgan fingerprint density at radius 1 is 1.60 bits per heavy atom. The largest absolute Gasteiger partial charge is 0.504 e. The molecule has 0 aromatic heterocycles. The molecule has 3 N–H and O–H groups in total. The molecule has 82 valence electrons. The molecule has 1 aliphatic carbocycles. The maximum atomic E-state index is 13.6. The molecule has 1 saturated carbocycles. The number of methoxy groups -OCH3 is 1. The summed E-state index contributed by atoms with van der Waals surface area (Å²) in [5.74, 6) is -1.17. The third-order valence-electron chi connectivity index (χ3n) is 2.68. The number of benzene rings is 1. The van der Waals surface area contributed by atoms with Gasteiger partial charge in [0.05, 0.1) is 11.6 Å². The van der Waals surface area contributed by atoms with Gasteiger partial charge in [-0.05, 0) is 34.8 Å². The van der Waals surface area contributed by atoms with Gasteiger partial charge in [-0.15, -0.1) is 0 Å². The van der Waals surface area contributed by atoms with E-state index in [1.165, 1.54) is 7.11 Å². The van der Waals surface area contributed by atoms with Crippen molar-refractivity contribution in [3.8, 4) is 11.5 Å². The smallest absolute Gasteiger partial charge is 0.208 e. The van der Waals surface area contributed by atoms with Crippen LogP contribution >= 0.6 is 15.9 Å². The summed E-state index contributed by atoms with van der Waals surface area (Å²) in [7, 11) is 1.34. The Bertz CT molecular complexity index is 418. The molecule has 1 fully saturated rings. The van der Waals surface area contributed by atoms with Crippen molar-refractivity contribution in [3.63, 3.8) is 0 Å². The fraction of sp³-hybridized carbons (Fsp3) is 0.400. The molecule has 1 aliphatic rings. The van der Waals surface area contributed by atoms with Crippen molar-refractivity contribution in [2.45, 2.75) is 18.4 Å². The molecule has 0 heterocycles. The minimum absolute atomic E-state index is 0.000463. The van der Waals surface area contributed by atoms with E-state index in [0.717, 1.165) is 12.8 Å². The molecule has 0 radical (unpaired) electrons. The van der Waals surface area contributed by atoms with Gasteiger partial charge in [0, 0.05) is 11.1 Å². The second-order valence-corrected chi connectivity index (χ2v) is 4.61. The van der Waals surface area contributed by atoms with Gasteiger partial charge in [-0.25, -0.2) is 0 Å². The Hall–Kier alpha value is -0.810. The molecule has 0 saturated heterocycles. The van der Waals surface area contributed by atoms with Crippen LogP contribution in [0.3, 0.4) is 0 Å². The summed E-state index contributed by atoms with van der Waals surface area (Å²) in [5.41, 5.74) is 5.78. The van der Waals surface area contributed by atoms with Crippen LogP contribution in [0.1, 0.15) is 18.4 Å². The van der Waals surface area contributed by atoms with E-state index in [-0.39, 0.29) is 5.75 Å². The molecule has 0 unspecified atom stereocenters. The number of ether oxygens (including phenoxy) is 1. The highest BCUT2D eigenvalue weighted by molar-refractivity contribution is 9.10. The monoisotopic (exact) mass is 275 g/mol. The number of rotatable bonds is 2. The molecule has 0 bridgehead atoms. The maximum Gasteiger partial charge on any atom is 0.208 e. The standard InChI is InChI=1S/C10H11BrFNO2/c1-15-9-6(11)4-5(8(14)7(9)12)10(13)2-3-10/h4,14H,2-3,13H2,1H3. The van der Waals surface area contributed by atoms with Crippen molar-refractivity contribution < 1.29 is 14.2 Å². The summed E-state index contributed by atoms with van der Waals surface area (Å²) in [5, 5.41) is 9.65. The first-order valence-electron chi connectivity index (χ1n) is 4.54. The van der Waals surface area contributed by atoms with Crippen LogP contribution in [0.25, 0.3) is 0 Å². The minimum atomic E-state index is -0.765. The number of phenols is 1. The van der Waals surface area contributed by atoms with Gasteiger partial charge in [-0.3, -0.25) is 0 Å². The lowest BCUT2D eigenvalue weighted by Gasteiger charge is -2.15. The van der Waals surface area contributed by atoms with Crippen LogP contribution in [0.15, 0.2) is 10.5 Å². The number of nitrogens with two attached hydrogens (primary N) is 1. The Balaban J connectivity index is 2.59. The van der Waals surface area contributed by atoms with E-state index in [9.17, 15) is 9.50 Å². The predicted octanol–water partition coefficient (Wildman–Crippen LogP) is 2.25. The predicted molar refractivity (Wildman–Crippen MR) is 57.4 cm³/mol. The van der Waals surface area contributed by atoms with Crippen molar-refractivity contribution in [1.29, 1.82) is 0 Å². The van der Waals surface area contributed by atoms with Crippen LogP contribution in [0.5, 0.6) is 11.5 Å². The third-order valence-corrected chi connectivity index (χ3v) is 3.27. The Labute approximate surface area is 95.2 Å². The molecule has 2 rings (SSSR count).